The summed E-state index contributed by atoms with van der Waals surface area (Å²) >= 11 is 0. The van der Waals surface area contributed by atoms with E-state index < -0.39 is 11.7 Å². The van der Waals surface area contributed by atoms with Crippen LogP contribution in [0.1, 0.15) is 36.8 Å². The van der Waals surface area contributed by atoms with Gasteiger partial charge >= 0.3 is 12.2 Å². The van der Waals surface area contributed by atoms with Crippen molar-refractivity contribution in [3.05, 3.63) is 35.7 Å². The molecule has 2 aromatic rings. The second-order valence-electron chi connectivity index (χ2n) is 5.15. The average Bonchev–Trinajstić information content (AvgIpc) is 2.96. The molecule has 22 heavy (non-hydrogen) atoms. The van der Waals surface area contributed by atoms with E-state index in [1.165, 1.54) is 12.1 Å². The SMILES string of the molecule is FC(F)(F)c1cccc(Nc2nnc(C3CCCCN3)o2)c1. The van der Waals surface area contributed by atoms with Crippen LogP contribution in [0.5, 0.6) is 0 Å². The minimum Gasteiger partial charge on any atom is -0.406 e. The van der Waals surface area contributed by atoms with Crippen molar-refractivity contribution in [1.29, 1.82) is 0 Å². The topological polar surface area (TPSA) is 63.0 Å². The highest BCUT2D eigenvalue weighted by Gasteiger charge is 2.30. The van der Waals surface area contributed by atoms with E-state index in [0.29, 0.717) is 5.89 Å². The first-order chi connectivity index (χ1) is 10.5. The van der Waals surface area contributed by atoms with Gasteiger partial charge in [0.15, 0.2) is 0 Å². The third-order valence-electron chi connectivity index (χ3n) is 3.49. The smallest absolute Gasteiger partial charge is 0.406 e. The fourth-order valence-corrected chi connectivity index (χ4v) is 2.39. The maximum Gasteiger partial charge on any atom is 0.416 e. The van der Waals surface area contributed by atoms with Crippen molar-refractivity contribution in [1.82, 2.24) is 15.5 Å². The van der Waals surface area contributed by atoms with Crippen molar-refractivity contribution >= 4 is 11.7 Å². The molecule has 118 valence electrons. The first-order valence-corrected chi connectivity index (χ1v) is 7.03. The lowest BCUT2D eigenvalue weighted by Gasteiger charge is -2.19. The second kappa shape index (κ2) is 5.96. The summed E-state index contributed by atoms with van der Waals surface area (Å²) in [4.78, 5) is 0. The number of hydrogen-bond donors (Lipinski definition) is 2. The van der Waals surface area contributed by atoms with E-state index in [0.717, 1.165) is 37.9 Å². The van der Waals surface area contributed by atoms with Gasteiger partial charge in [-0.1, -0.05) is 17.6 Å². The maximum atomic E-state index is 12.7. The summed E-state index contributed by atoms with van der Waals surface area (Å²) < 4.78 is 43.5. The van der Waals surface area contributed by atoms with Crippen molar-refractivity contribution < 1.29 is 17.6 Å². The van der Waals surface area contributed by atoms with Gasteiger partial charge in [0.1, 0.15) is 0 Å². The van der Waals surface area contributed by atoms with Crippen molar-refractivity contribution in [3.63, 3.8) is 0 Å². The Balaban J connectivity index is 1.72. The molecule has 1 aromatic carbocycles. The molecule has 0 aliphatic carbocycles. The summed E-state index contributed by atoms with van der Waals surface area (Å²) in [6, 6.07) is 4.95. The Hall–Kier alpha value is -2.09. The van der Waals surface area contributed by atoms with E-state index in [4.69, 9.17) is 4.42 Å². The molecule has 0 radical (unpaired) electrons. The zero-order chi connectivity index (χ0) is 15.6. The molecule has 5 nitrogen and oxygen atoms in total. The number of halogens is 3. The molecule has 0 bridgehead atoms. The van der Waals surface area contributed by atoms with Crippen molar-refractivity contribution in [2.75, 3.05) is 11.9 Å². The van der Waals surface area contributed by atoms with Gasteiger partial charge in [-0.25, -0.2) is 0 Å². The molecular formula is C14H15F3N4O. The predicted molar refractivity (Wildman–Crippen MR) is 73.6 cm³/mol. The van der Waals surface area contributed by atoms with Gasteiger partial charge in [-0.2, -0.15) is 13.2 Å². The quantitative estimate of drug-likeness (QED) is 0.906. The summed E-state index contributed by atoms with van der Waals surface area (Å²) in [6.45, 7) is 0.892. The molecule has 1 fully saturated rings. The molecule has 0 saturated carbocycles. The van der Waals surface area contributed by atoms with Crippen LogP contribution in [-0.4, -0.2) is 16.7 Å². The normalized spacial score (nSPS) is 19.1. The van der Waals surface area contributed by atoms with Crippen LogP contribution in [0, 0.1) is 0 Å². The molecule has 8 heteroatoms. The number of benzene rings is 1. The van der Waals surface area contributed by atoms with Crippen molar-refractivity contribution in [2.24, 2.45) is 0 Å². The minimum absolute atomic E-state index is 0.0123. The van der Waals surface area contributed by atoms with E-state index in [2.05, 4.69) is 20.8 Å². The van der Waals surface area contributed by atoms with Crippen molar-refractivity contribution in [2.45, 2.75) is 31.5 Å². The Morgan fingerprint density at radius 3 is 2.82 bits per heavy atom. The van der Waals surface area contributed by atoms with E-state index in [-0.39, 0.29) is 17.7 Å². The highest BCUT2D eigenvalue weighted by atomic mass is 19.4. The molecule has 1 aliphatic heterocycles. The molecule has 1 atom stereocenters. The molecule has 2 N–H and O–H groups in total. The molecule has 0 amide bonds. The monoisotopic (exact) mass is 312 g/mol. The number of hydrogen-bond acceptors (Lipinski definition) is 5. The van der Waals surface area contributed by atoms with Crippen LogP contribution in [0.15, 0.2) is 28.7 Å². The van der Waals surface area contributed by atoms with E-state index in [1.54, 1.807) is 0 Å². The summed E-state index contributed by atoms with van der Waals surface area (Å²) in [5, 5.41) is 13.7. The summed E-state index contributed by atoms with van der Waals surface area (Å²) in [5.74, 6) is 0.453. The Morgan fingerprint density at radius 1 is 1.23 bits per heavy atom. The average molecular weight is 312 g/mol. The molecule has 1 saturated heterocycles. The zero-order valence-electron chi connectivity index (χ0n) is 11.7. The number of nitrogens with zero attached hydrogens (tertiary/aromatic N) is 2. The third-order valence-corrected chi connectivity index (χ3v) is 3.49. The van der Waals surface area contributed by atoms with Gasteiger partial charge in [0, 0.05) is 5.69 Å². The Morgan fingerprint density at radius 2 is 2.09 bits per heavy atom. The largest absolute Gasteiger partial charge is 0.416 e. The van der Waals surface area contributed by atoms with Crippen LogP contribution in [0.3, 0.4) is 0 Å². The summed E-state index contributed by atoms with van der Waals surface area (Å²) in [7, 11) is 0. The Bertz CT molecular complexity index is 635. The highest BCUT2D eigenvalue weighted by Crippen LogP contribution is 2.31. The lowest BCUT2D eigenvalue weighted by atomic mass is 10.1. The Kier molecular flexibility index (Phi) is 4.02. The van der Waals surface area contributed by atoms with Gasteiger partial charge in [0.25, 0.3) is 0 Å². The lowest BCUT2D eigenvalue weighted by molar-refractivity contribution is -0.137. The van der Waals surface area contributed by atoms with Crippen LogP contribution < -0.4 is 10.6 Å². The fraction of sp³-hybridized carbons (Fsp3) is 0.429. The fourth-order valence-electron chi connectivity index (χ4n) is 2.39. The predicted octanol–water partition coefficient (Wildman–Crippen LogP) is 3.65. The van der Waals surface area contributed by atoms with Crippen molar-refractivity contribution in [3.8, 4) is 0 Å². The minimum atomic E-state index is -4.39. The Labute approximate surface area is 124 Å². The van der Waals surface area contributed by atoms with Gasteiger partial charge in [0.2, 0.25) is 5.89 Å². The van der Waals surface area contributed by atoms with Crippen LogP contribution in [-0.2, 0) is 6.18 Å². The molecule has 2 heterocycles. The molecular weight excluding hydrogens is 297 g/mol. The number of nitrogens with one attached hydrogen (secondary N) is 2. The van der Waals surface area contributed by atoms with Gasteiger partial charge in [0.05, 0.1) is 11.6 Å². The van der Waals surface area contributed by atoms with E-state index in [1.807, 2.05) is 0 Å². The van der Waals surface area contributed by atoms with Crippen LogP contribution >= 0.6 is 0 Å². The number of anilines is 2. The first kappa shape index (κ1) is 14.8. The van der Waals surface area contributed by atoms with Crippen LogP contribution in [0.4, 0.5) is 24.9 Å². The summed E-state index contributed by atoms with van der Waals surface area (Å²) in [6.07, 6.45) is -1.29. The number of aromatic nitrogens is 2. The highest BCUT2D eigenvalue weighted by molar-refractivity contribution is 5.53. The number of piperidine rings is 1. The zero-order valence-corrected chi connectivity index (χ0v) is 11.7. The third kappa shape index (κ3) is 3.38. The first-order valence-electron chi connectivity index (χ1n) is 7.03. The van der Waals surface area contributed by atoms with Crippen LogP contribution in [0.2, 0.25) is 0 Å². The van der Waals surface area contributed by atoms with Crippen LogP contribution in [0.25, 0.3) is 0 Å². The molecule has 1 aromatic heterocycles. The standard InChI is InChI=1S/C14H15F3N4O/c15-14(16,17)9-4-3-5-10(8-9)19-13-21-20-12(22-13)11-6-1-2-7-18-11/h3-5,8,11,18H,1-2,6-7H2,(H,19,21). The van der Waals surface area contributed by atoms with Gasteiger partial charge in [-0.3, -0.25) is 0 Å². The molecule has 3 rings (SSSR count). The number of rotatable bonds is 3. The maximum absolute atomic E-state index is 12.7. The number of alkyl halides is 3. The summed E-state index contributed by atoms with van der Waals surface area (Å²) in [5.41, 5.74) is -0.479. The van der Waals surface area contributed by atoms with E-state index >= 15 is 0 Å². The molecule has 1 aliphatic rings. The lowest BCUT2D eigenvalue weighted by Crippen LogP contribution is -2.26. The van der Waals surface area contributed by atoms with Gasteiger partial charge < -0.3 is 15.1 Å². The molecule has 0 spiro atoms. The molecule has 1 unspecified atom stereocenters. The van der Waals surface area contributed by atoms with Gasteiger partial charge in [-0.05, 0) is 37.6 Å². The second-order valence-corrected chi connectivity index (χ2v) is 5.15. The van der Waals surface area contributed by atoms with E-state index in [9.17, 15) is 13.2 Å². The van der Waals surface area contributed by atoms with Gasteiger partial charge in [-0.15, -0.1) is 5.10 Å².